The summed E-state index contributed by atoms with van der Waals surface area (Å²) >= 11 is 0. The highest BCUT2D eigenvalue weighted by molar-refractivity contribution is 7.85. The van der Waals surface area contributed by atoms with Gasteiger partial charge in [0.25, 0.3) is 0 Å². The Morgan fingerprint density at radius 3 is 2.31 bits per heavy atom. The van der Waals surface area contributed by atoms with Gasteiger partial charge in [0.2, 0.25) is 5.52 Å². The van der Waals surface area contributed by atoms with Gasteiger partial charge in [-0.25, -0.2) is 13.4 Å². The molecule has 0 unspecified atom stereocenters. The molecule has 2 aromatic rings. The Morgan fingerprint density at radius 1 is 1.19 bits per heavy atom. The molecule has 4 nitrogen and oxygen atoms in total. The molecule has 0 atom stereocenters. The molecule has 0 bridgehead atoms. The molecule has 1 N–H and O–H groups in total. The van der Waals surface area contributed by atoms with Crippen molar-refractivity contribution < 1.29 is 18.0 Å². The van der Waals surface area contributed by atoms with Crippen molar-refractivity contribution in [3.05, 3.63) is 42.6 Å². The molecule has 0 aliphatic rings. The molecular formula is C11H13NO3S. The van der Waals surface area contributed by atoms with Crippen LogP contribution in [-0.2, 0) is 10.1 Å². The average Bonchev–Trinajstić information content (AvgIpc) is 2.29. The monoisotopic (exact) mass is 239 g/mol. The second-order valence-corrected chi connectivity index (χ2v) is 4.80. The molecule has 16 heavy (non-hydrogen) atoms. The number of rotatable bonds is 1. The van der Waals surface area contributed by atoms with E-state index in [0.29, 0.717) is 0 Å². The van der Waals surface area contributed by atoms with E-state index in [1.165, 1.54) is 17.8 Å². The maximum absolute atomic E-state index is 9.44. The third-order valence-corrected chi connectivity index (χ3v) is 2.63. The van der Waals surface area contributed by atoms with Crippen molar-refractivity contribution >= 4 is 21.0 Å². The fourth-order valence-electron chi connectivity index (χ4n) is 1.06. The Hall–Kier alpha value is -1.46. The molecule has 5 heteroatoms. The van der Waals surface area contributed by atoms with Crippen molar-refractivity contribution in [1.82, 2.24) is 0 Å². The number of hydrogen-bond acceptors (Lipinski definition) is 3. The van der Waals surface area contributed by atoms with Gasteiger partial charge in [0, 0.05) is 23.3 Å². The SMILES string of the molecule is CCS(=O)(=O)[O-].c1ccc2[nH+]cccc2c1. The van der Waals surface area contributed by atoms with E-state index in [-0.39, 0.29) is 5.75 Å². The van der Waals surface area contributed by atoms with Crippen LogP contribution >= 0.6 is 0 Å². The van der Waals surface area contributed by atoms with Gasteiger partial charge in [-0.15, -0.1) is 0 Å². The summed E-state index contributed by atoms with van der Waals surface area (Å²) in [5.74, 6) is -0.312. The third kappa shape index (κ3) is 4.37. The van der Waals surface area contributed by atoms with Gasteiger partial charge in [-0.2, -0.15) is 0 Å². The van der Waals surface area contributed by atoms with Crippen LogP contribution in [-0.4, -0.2) is 18.7 Å². The van der Waals surface area contributed by atoms with Crippen molar-refractivity contribution in [2.75, 3.05) is 5.75 Å². The fourth-order valence-corrected chi connectivity index (χ4v) is 1.06. The van der Waals surface area contributed by atoms with E-state index in [2.05, 4.69) is 23.2 Å². The van der Waals surface area contributed by atoms with E-state index in [0.717, 1.165) is 0 Å². The lowest BCUT2D eigenvalue weighted by Crippen LogP contribution is -1.99. The van der Waals surface area contributed by atoms with Crippen LogP contribution in [0.2, 0.25) is 0 Å². The van der Waals surface area contributed by atoms with Crippen LogP contribution < -0.4 is 4.98 Å². The normalized spacial score (nSPS) is 10.6. The largest absolute Gasteiger partial charge is 0.748 e. The van der Waals surface area contributed by atoms with E-state index in [4.69, 9.17) is 0 Å². The average molecular weight is 239 g/mol. The lowest BCUT2D eigenvalue weighted by molar-refractivity contribution is -0.344. The highest BCUT2D eigenvalue weighted by atomic mass is 32.2. The van der Waals surface area contributed by atoms with E-state index in [9.17, 15) is 13.0 Å². The number of H-pyrrole nitrogens is 1. The van der Waals surface area contributed by atoms with E-state index in [1.54, 1.807) is 0 Å². The molecule has 0 fully saturated rings. The number of aromatic amines is 1. The molecule has 0 saturated heterocycles. The Labute approximate surface area is 94.7 Å². The Balaban J connectivity index is 0.000000187. The third-order valence-electron chi connectivity index (χ3n) is 1.93. The minimum Gasteiger partial charge on any atom is -0.748 e. The summed E-state index contributed by atoms with van der Waals surface area (Å²) in [5, 5.41) is 1.25. The second kappa shape index (κ2) is 5.58. The molecule has 0 radical (unpaired) electrons. The number of pyridine rings is 1. The lowest BCUT2D eigenvalue weighted by Gasteiger charge is -1.97. The molecule has 1 heterocycles. The van der Waals surface area contributed by atoms with Crippen molar-refractivity contribution in [2.45, 2.75) is 6.92 Å². The quantitative estimate of drug-likeness (QED) is 0.702. The molecule has 0 amide bonds. The maximum Gasteiger partial charge on any atom is 0.210 e. The van der Waals surface area contributed by atoms with Gasteiger partial charge in [-0.1, -0.05) is 19.1 Å². The number of nitrogens with one attached hydrogen (secondary N) is 1. The zero-order chi connectivity index (χ0) is 12.0. The topological polar surface area (TPSA) is 71.3 Å². The Morgan fingerprint density at radius 2 is 1.75 bits per heavy atom. The first-order valence-electron chi connectivity index (χ1n) is 4.82. The summed E-state index contributed by atoms with van der Waals surface area (Å²) in [6.07, 6.45) is 1.93. The standard InChI is InChI=1S/C9H7N.C2H6O3S/c1-2-6-9-8(4-1)5-3-7-10-9;1-2-6(3,4)5/h1-7H;2H2,1H3,(H,3,4,5). The number of benzene rings is 1. The van der Waals surface area contributed by atoms with E-state index >= 15 is 0 Å². The number of fused-ring (bicyclic) bond motifs is 1. The van der Waals surface area contributed by atoms with Crippen molar-refractivity contribution in [2.24, 2.45) is 0 Å². The van der Waals surface area contributed by atoms with Crippen LogP contribution in [0.1, 0.15) is 6.92 Å². The highest BCUT2D eigenvalue weighted by Crippen LogP contribution is 2.04. The zero-order valence-corrected chi connectivity index (χ0v) is 9.70. The Bertz CT molecular complexity index is 486. The fraction of sp³-hybridized carbons (Fsp3) is 0.182. The number of para-hydroxylation sites is 1. The molecule has 1 aromatic heterocycles. The van der Waals surface area contributed by atoms with Crippen LogP contribution in [0.3, 0.4) is 0 Å². The summed E-state index contributed by atoms with van der Waals surface area (Å²) in [6, 6.07) is 12.3. The molecule has 0 aliphatic heterocycles. The summed E-state index contributed by atoms with van der Waals surface area (Å²) in [7, 11) is -3.91. The predicted molar refractivity (Wildman–Crippen MR) is 60.7 cm³/mol. The zero-order valence-electron chi connectivity index (χ0n) is 8.88. The molecule has 86 valence electrons. The van der Waals surface area contributed by atoms with Crippen LogP contribution in [0.15, 0.2) is 42.6 Å². The van der Waals surface area contributed by atoms with Gasteiger partial charge in [0.15, 0.2) is 6.20 Å². The van der Waals surface area contributed by atoms with E-state index < -0.39 is 10.1 Å². The van der Waals surface area contributed by atoms with Crippen LogP contribution in [0.25, 0.3) is 10.9 Å². The summed E-state index contributed by atoms with van der Waals surface area (Å²) < 4.78 is 28.3. The molecule has 0 aliphatic carbocycles. The first-order valence-corrected chi connectivity index (χ1v) is 6.39. The summed E-state index contributed by atoms with van der Waals surface area (Å²) in [4.78, 5) is 3.15. The number of hydrogen-bond donors (Lipinski definition) is 0. The van der Waals surface area contributed by atoms with E-state index in [1.807, 2.05) is 24.4 Å². The van der Waals surface area contributed by atoms with Gasteiger partial charge >= 0.3 is 0 Å². The minimum atomic E-state index is -3.91. The summed E-state index contributed by atoms with van der Waals surface area (Å²) in [6.45, 7) is 1.31. The van der Waals surface area contributed by atoms with Crippen molar-refractivity contribution in [3.63, 3.8) is 0 Å². The van der Waals surface area contributed by atoms with Crippen molar-refractivity contribution in [3.8, 4) is 0 Å². The van der Waals surface area contributed by atoms with Crippen molar-refractivity contribution in [1.29, 1.82) is 0 Å². The van der Waals surface area contributed by atoms with Crippen LogP contribution in [0.5, 0.6) is 0 Å². The second-order valence-electron chi connectivity index (χ2n) is 3.10. The lowest BCUT2D eigenvalue weighted by atomic mass is 10.2. The molecule has 0 spiro atoms. The molecular weight excluding hydrogens is 226 g/mol. The van der Waals surface area contributed by atoms with Gasteiger partial charge in [-0.05, 0) is 12.1 Å². The van der Waals surface area contributed by atoms with Gasteiger partial charge in [0.05, 0.1) is 10.1 Å². The van der Waals surface area contributed by atoms with Gasteiger partial charge in [0.1, 0.15) is 0 Å². The predicted octanol–water partition coefficient (Wildman–Crippen LogP) is 1.21. The summed E-state index contributed by atoms with van der Waals surface area (Å²) in [5.41, 5.74) is 1.19. The smallest absolute Gasteiger partial charge is 0.210 e. The molecule has 2 rings (SSSR count). The number of aromatic nitrogens is 1. The maximum atomic E-state index is 9.44. The van der Waals surface area contributed by atoms with Crippen LogP contribution in [0.4, 0.5) is 0 Å². The molecule has 0 saturated carbocycles. The van der Waals surface area contributed by atoms with Crippen LogP contribution in [0, 0.1) is 0 Å². The van der Waals surface area contributed by atoms with Gasteiger partial charge < -0.3 is 4.55 Å². The first kappa shape index (κ1) is 12.6. The Kier molecular flexibility index (Phi) is 4.39. The minimum absolute atomic E-state index is 0.312. The first-order chi connectivity index (χ1) is 7.53. The molecule has 1 aromatic carbocycles. The van der Waals surface area contributed by atoms with Gasteiger partial charge in [-0.3, -0.25) is 0 Å². The highest BCUT2D eigenvalue weighted by Gasteiger charge is 1.92.